The van der Waals surface area contributed by atoms with E-state index in [1.54, 1.807) is 4.90 Å². The first kappa shape index (κ1) is 19.3. The molecule has 0 aliphatic carbocycles. The van der Waals surface area contributed by atoms with E-state index in [0.717, 1.165) is 18.1 Å². The van der Waals surface area contributed by atoms with Crippen LogP contribution in [0.25, 0.3) is 0 Å². The molecule has 0 saturated carbocycles. The Balaban J connectivity index is 1.47. The molecule has 1 fully saturated rings. The standard InChI is InChI=1S/C21H19F3N2O3/c22-21(23,24)29-17-7-3-6-16(12-17)26-11-9-18(20(26)28)19(27)25-10-8-14-4-1-2-5-15(14)13-25/h1-7,12,18H,8-11,13H2/t18-/m1/s1. The topological polar surface area (TPSA) is 49.9 Å². The van der Waals surface area contributed by atoms with Gasteiger partial charge in [-0.3, -0.25) is 9.59 Å². The quantitative estimate of drug-likeness (QED) is 0.736. The van der Waals surface area contributed by atoms with E-state index < -0.39 is 23.9 Å². The van der Waals surface area contributed by atoms with Gasteiger partial charge in [0.25, 0.3) is 0 Å². The number of anilines is 1. The Hall–Kier alpha value is -3.03. The molecule has 2 heterocycles. The zero-order chi connectivity index (χ0) is 20.6. The maximum Gasteiger partial charge on any atom is 0.573 e. The van der Waals surface area contributed by atoms with Gasteiger partial charge in [0.15, 0.2) is 0 Å². The number of ether oxygens (including phenoxy) is 1. The summed E-state index contributed by atoms with van der Waals surface area (Å²) in [6.07, 6.45) is -3.74. The van der Waals surface area contributed by atoms with Crippen LogP contribution in [0, 0.1) is 5.92 Å². The number of alkyl halides is 3. The van der Waals surface area contributed by atoms with Crippen LogP contribution in [-0.2, 0) is 22.6 Å². The summed E-state index contributed by atoms with van der Waals surface area (Å²) in [6, 6.07) is 13.2. The summed E-state index contributed by atoms with van der Waals surface area (Å²) < 4.78 is 41.3. The van der Waals surface area contributed by atoms with E-state index in [-0.39, 0.29) is 18.1 Å². The van der Waals surface area contributed by atoms with E-state index in [0.29, 0.717) is 19.5 Å². The second-order valence-corrected chi connectivity index (χ2v) is 7.15. The van der Waals surface area contributed by atoms with Crippen molar-refractivity contribution < 1.29 is 27.5 Å². The van der Waals surface area contributed by atoms with Crippen LogP contribution in [0.4, 0.5) is 18.9 Å². The summed E-state index contributed by atoms with van der Waals surface area (Å²) in [4.78, 5) is 28.8. The van der Waals surface area contributed by atoms with Gasteiger partial charge < -0.3 is 14.5 Å². The van der Waals surface area contributed by atoms with Gasteiger partial charge in [-0.25, -0.2) is 0 Å². The summed E-state index contributed by atoms with van der Waals surface area (Å²) in [7, 11) is 0. The van der Waals surface area contributed by atoms with E-state index in [1.165, 1.54) is 28.7 Å². The molecule has 0 unspecified atom stereocenters. The number of carbonyl (C=O) groups is 2. The third-order valence-electron chi connectivity index (χ3n) is 5.31. The second kappa shape index (κ2) is 7.42. The number of carbonyl (C=O) groups excluding carboxylic acids is 2. The molecule has 1 atom stereocenters. The molecule has 2 aliphatic rings. The maximum absolute atomic E-state index is 13.0. The van der Waals surface area contributed by atoms with E-state index in [2.05, 4.69) is 4.74 Å². The van der Waals surface area contributed by atoms with Crippen molar-refractivity contribution in [2.45, 2.75) is 25.7 Å². The number of amides is 2. The molecule has 0 aromatic heterocycles. The lowest BCUT2D eigenvalue weighted by atomic mass is 9.98. The molecule has 0 radical (unpaired) electrons. The maximum atomic E-state index is 13.0. The van der Waals surface area contributed by atoms with Crippen LogP contribution in [-0.4, -0.2) is 36.2 Å². The molecule has 29 heavy (non-hydrogen) atoms. The molecule has 152 valence electrons. The molecule has 5 nitrogen and oxygen atoms in total. The highest BCUT2D eigenvalue weighted by Crippen LogP contribution is 2.32. The Labute approximate surface area is 165 Å². The van der Waals surface area contributed by atoms with Crippen molar-refractivity contribution in [2.75, 3.05) is 18.0 Å². The second-order valence-electron chi connectivity index (χ2n) is 7.15. The molecule has 2 aromatic carbocycles. The average molecular weight is 404 g/mol. The van der Waals surface area contributed by atoms with Crippen LogP contribution in [0.3, 0.4) is 0 Å². The van der Waals surface area contributed by atoms with Crippen LogP contribution in [0.5, 0.6) is 5.75 Å². The lowest BCUT2D eigenvalue weighted by Crippen LogP contribution is -2.42. The third-order valence-corrected chi connectivity index (χ3v) is 5.31. The van der Waals surface area contributed by atoms with Crippen molar-refractivity contribution in [3.05, 3.63) is 59.7 Å². The Morgan fingerprint density at radius 1 is 1.03 bits per heavy atom. The lowest BCUT2D eigenvalue weighted by Gasteiger charge is -2.30. The third kappa shape index (κ3) is 4.06. The van der Waals surface area contributed by atoms with Crippen LogP contribution in [0.2, 0.25) is 0 Å². The first-order valence-corrected chi connectivity index (χ1v) is 9.34. The average Bonchev–Trinajstić information content (AvgIpc) is 3.07. The SMILES string of the molecule is O=C([C@H]1CCN(c2cccc(OC(F)(F)F)c2)C1=O)N1CCc2ccccc2C1. The van der Waals surface area contributed by atoms with Crippen LogP contribution in [0.1, 0.15) is 17.5 Å². The summed E-state index contributed by atoms with van der Waals surface area (Å²) >= 11 is 0. The summed E-state index contributed by atoms with van der Waals surface area (Å²) in [5.74, 6) is -1.83. The Bertz CT molecular complexity index is 945. The number of fused-ring (bicyclic) bond motifs is 1. The number of nitrogens with zero attached hydrogens (tertiary/aromatic N) is 2. The van der Waals surface area contributed by atoms with Gasteiger partial charge in [-0.2, -0.15) is 0 Å². The highest BCUT2D eigenvalue weighted by molar-refractivity contribution is 6.09. The van der Waals surface area contributed by atoms with Gasteiger partial charge in [0, 0.05) is 31.4 Å². The van der Waals surface area contributed by atoms with Crippen molar-refractivity contribution >= 4 is 17.5 Å². The predicted molar refractivity (Wildman–Crippen MR) is 99.1 cm³/mol. The summed E-state index contributed by atoms with van der Waals surface area (Å²) in [5, 5.41) is 0. The molecule has 0 spiro atoms. The molecule has 2 aromatic rings. The Morgan fingerprint density at radius 2 is 1.79 bits per heavy atom. The number of rotatable bonds is 3. The van der Waals surface area contributed by atoms with Gasteiger partial charge in [0.1, 0.15) is 11.7 Å². The van der Waals surface area contributed by atoms with Gasteiger partial charge in [0.2, 0.25) is 11.8 Å². The molecule has 2 aliphatic heterocycles. The van der Waals surface area contributed by atoms with Gasteiger partial charge >= 0.3 is 6.36 Å². The van der Waals surface area contributed by atoms with Crippen LogP contribution in [0.15, 0.2) is 48.5 Å². The van der Waals surface area contributed by atoms with Crippen molar-refractivity contribution in [1.82, 2.24) is 4.90 Å². The summed E-state index contributed by atoms with van der Waals surface area (Å²) in [5.41, 5.74) is 2.57. The smallest absolute Gasteiger partial charge is 0.406 e. The normalized spacial score (nSPS) is 19.3. The van der Waals surface area contributed by atoms with Crippen molar-refractivity contribution in [3.8, 4) is 5.75 Å². The fraction of sp³-hybridized carbons (Fsp3) is 0.333. The Morgan fingerprint density at radius 3 is 2.55 bits per heavy atom. The first-order valence-electron chi connectivity index (χ1n) is 9.34. The molecule has 8 heteroatoms. The predicted octanol–water partition coefficient (Wildman–Crippen LogP) is 3.52. The molecule has 0 bridgehead atoms. The highest BCUT2D eigenvalue weighted by atomic mass is 19.4. The summed E-state index contributed by atoms with van der Waals surface area (Å²) in [6.45, 7) is 1.29. The van der Waals surface area contributed by atoms with Crippen LogP contribution >= 0.6 is 0 Å². The number of benzene rings is 2. The fourth-order valence-corrected chi connectivity index (χ4v) is 3.92. The zero-order valence-corrected chi connectivity index (χ0v) is 15.5. The first-order chi connectivity index (χ1) is 13.8. The number of halogens is 3. The van der Waals surface area contributed by atoms with Gasteiger partial charge in [0.05, 0.1) is 0 Å². The number of hydrogen-bond donors (Lipinski definition) is 0. The molecular formula is C21H19F3N2O3. The van der Waals surface area contributed by atoms with Crippen molar-refractivity contribution in [3.63, 3.8) is 0 Å². The van der Waals surface area contributed by atoms with Crippen LogP contribution < -0.4 is 9.64 Å². The van der Waals surface area contributed by atoms with E-state index >= 15 is 0 Å². The van der Waals surface area contributed by atoms with Gasteiger partial charge in [-0.15, -0.1) is 13.2 Å². The molecule has 4 rings (SSSR count). The van der Waals surface area contributed by atoms with E-state index in [1.807, 2.05) is 24.3 Å². The highest BCUT2D eigenvalue weighted by Gasteiger charge is 2.40. The minimum absolute atomic E-state index is 0.227. The van der Waals surface area contributed by atoms with Crippen molar-refractivity contribution in [1.29, 1.82) is 0 Å². The minimum Gasteiger partial charge on any atom is -0.406 e. The van der Waals surface area contributed by atoms with Gasteiger partial charge in [-0.1, -0.05) is 30.3 Å². The van der Waals surface area contributed by atoms with E-state index in [4.69, 9.17) is 0 Å². The zero-order valence-electron chi connectivity index (χ0n) is 15.5. The molecule has 2 amide bonds. The minimum atomic E-state index is -4.81. The van der Waals surface area contributed by atoms with Gasteiger partial charge in [-0.05, 0) is 36.1 Å². The lowest BCUT2D eigenvalue weighted by molar-refractivity contribution is -0.274. The monoisotopic (exact) mass is 404 g/mol. The molecular weight excluding hydrogens is 385 g/mol. The van der Waals surface area contributed by atoms with Crippen molar-refractivity contribution in [2.24, 2.45) is 5.92 Å². The fourth-order valence-electron chi connectivity index (χ4n) is 3.92. The largest absolute Gasteiger partial charge is 0.573 e. The number of hydrogen-bond acceptors (Lipinski definition) is 3. The Kier molecular flexibility index (Phi) is 4.94. The molecule has 0 N–H and O–H groups in total. The molecule has 1 saturated heterocycles. The van der Waals surface area contributed by atoms with E-state index in [9.17, 15) is 22.8 Å².